The average molecular weight is 325 g/mol. The van der Waals surface area contributed by atoms with Crippen molar-refractivity contribution in [2.75, 3.05) is 12.3 Å². The van der Waals surface area contributed by atoms with Gasteiger partial charge >= 0.3 is 10.4 Å². The number of benzene rings is 1. The van der Waals surface area contributed by atoms with Gasteiger partial charge in [0.2, 0.25) is 0 Å². The fourth-order valence-corrected chi connectivity index (χ4v) is 1.96. The molecule has 0 radical (unpaired) electrons. The van der Waals surface area contributed by atoms with Crippen molar-refractivity contribution in [1.82, 2.24) is 5.32 Å². The molecular formula is C9H11NO8S2. The average Bonchev–Trinajstić information content (AvgIpc) is 2.25. The first-order chi connectivity index (χ1) is 9.08. The van der Waals surface area contributed by atoms with Crippen LogP contribution in [0.4, 0.5) is 0 Å². The number of amides is 1. The van der Waals surface area contributed by atoms with Crippen LogP contribution in [-0.4, -0.2) is 44.1 Å². The summed E-state index contributed by atoms with van der Waals surface area (Å²) in [6, 6.07) is 5.12. The first-order valence-corrected chi connectivity index (χ1v) is 8.05. The van der Waals surface area contributed by atoms with E-state index in [2.05, 4.69) is 9.50 Å². The lowest BCUT2D eigenvalue weighted by Crippen LogP contribution is -2.29. The summed E-state index contributed by atoms with van der Waals surface area (Å²) >= 11 is 0. The number of carbonyl (C=O) groups is 1. The molecule has 0 saturated heterocycles. The van der Waals surface area contributed by atoms with Gasteiger partial charge in [0.1, 0.15) is 0 Å². The van der Waals surface area contributed by atoms with Crippen molar-refractivity contribution in [3.05, 3.63) is 29.8 Å². The van der Waals surface area contributed by atoms with Gasteiger partial charge in [-0.2, -0.15) is 16.8 Å². The van der Waals surface area contributed by atoms with E-state index in [1.807, 2.05) is 0 Å². The van der Waals surface area contributed by atoms with Crippen LogP contribution in [-0.2, 0) is 20.5 Å². The minimum atomic E-state index is -4.79. The van der Waals surface area contributed by atoms with E-state index in [-0.39, 0.29) is 12.1 Å². The Morgan fingerprint density at radius 1 is 1.15 bits per heavy atom. The third kappa shape index (κ3) is 5.97. The maximum atomic E-state index is 11.7. The third-order valence-electron chi connectivity index (χ3n) is 1.97. The van der Waals surface area contributed by atoms with Crippen LogP contribution in [0.15, 0.2) is 24.3 Å². The molecule has 1 aromatic rings. The molecule has 0 aliphatic rings. The summed E-state index contributed by atoms with van der Waals surface area (Å²) in [5.41, 5.74) is -0.222. The van der Waals surface area contributed by atoms with E-state index < -0.39 is 37.9 Å². The lowest BCUT2D eigenvalue weighted by Gasteiger charge is -2.08. The van der Waals surface area contributed by atoms with E-state index in [4.69, 9.17) is 9.11 Å². The first-order valence-electron chi connectivity index (χ1n) is 5.08. The Bertz CT molecular complexity index is 694. The molecular weight excluding hydrogens is 314 g/mol. The highest BCUT2D eigenvalue weighted by atomic mass is 32.3. The molecule has 11 heteroatoms. The van der Waals surface area contributed by atoms with Crippen LogP contribution in [0.25, 0.3) is 0 Å². The normalized spacial score (nSPS) is 11.9. The molecule has 0 atom stereocenters. The second-order valence-electron chi connectivity index (χ2n) is 3.55. The van der Waals surface area contributed by atoms with E-state index in [1.165, 1.54) is 18.2 Å². The lowest BCUT2D eigenvalue weighted by molar-refractivity contribution is 0.0954. The summed E-state index contributed by atoms with van der Waals surface area (Å²) in [4.78, 5) is 11.7. The lowest BCUT2D eigenvalue weighted by atomic mass is 10.2. The van der Waals surface area contributed by atoms with Crippen molar-refractivity contribution in [2.24, 2.45) is 0 Å². The van der Waals surface area contributed by atoms with Gasteiger partial charge in [0.15, 0.2) is 5.75 Å². The molecule has 0 unspecified atom stereocenters. The fraction of sp³-hybridized carbons (Fsp3) is 0.222. The van der Waals surface area contributed by atoms with Crippen LogP contribution < -0.4 is 9.50 Å². The van der Waals surface area contributed by atoms with E-state index in [9.17, 15) is 21.6 Å². The molecule has 0 fully saturated rings. The maximum absolute atomic E-state index is 11.7. The van der Waals surface area contributed by atoms with Crippen molar-refractivity contribution >= 4 is 26.4 Å². The molecule has 20 heavy (non-hydrogen) atoms. The van der Waals surface area contributed by atoms with Crippen LogP contribution in [0.3, 0.4) is 0 Å². The van der Waals surface area contributed by atoms with E-state index in [1.54, 1.807) is 0 Å². The molecule has 0 spiro atoms. The topological polar surface area (TPSA) is 147 Å². The van der Waals surface area contributed by atoms with Crippen molar-refractivity contribution in [3.8, 4) is 5.75 Å². The predicted molar refractivity (Wildman–Crippen MR) is 67.4 cm³/mol. The molecule has 9 nitrogen and oxygen atoms in total. The minimum Gasteiger partial charge on any atom is -0.361 e. The first kappa shape index (κ1) is 16.4. The third-order valence-corrected chi connectivity index (χ3v) is 3.08. The number of rotatable bonds is 6. The molecule has 1 aromatic carbocycles. The quantitative estimate of drug-likeness (QED) is 0.592. The van der Waals surface area contributed by atoms with Gasteiger partial charge in [-0.05, 0) is 12.1 Å². The SMILES string of the molecule is O=C(NCCS(=O)(=O)O)c1ccccc1OS(=O)(=O)O. The fourth-order valence-electron chi connectivity index (χ4n) is 1.23. The molecule has 3 N–H and O–H groups in total. The van der Waals surface area contributed by atoms with Gasteiger partial charge in [-0.1, -0.05) is 12.1 Å². The Labute approximate surface area is 115 Å². The summed E-state index contributed by atoms with van der Waals surface area (Å²) < 4.78 is 63.4. The zero-order valence-electron chi connectivity index (χ0n) is 9.88. The largest absolute Gasteiger partial charge is 0.446 e. The van der Waals surface area contributed by atoms with Crippen molar-refractivity contribution in [1.29, 1.82) is 0 Å². The Morgan fingerprint density at radius 2 is 1.75 bits per heavy atom. The zero-order chi connectivity index (χ0) is 15.4. The van der Waals surface area contributed by atoms with Gasteiger partial charge in [-0.3, -0.25) is 13.9 Å². The number of nitrogens with one attached hydrogen (secondary N) is 1. The number of carbonyl (C=O) groups excluding carboxylic acids is 1. The second-order valence-corrected chi connectivity index (χ2v) is 6.14. The number of para-hydroxylation sites is 1. The maximum Gasteiger partial charge on any atom is 0.446 e. The number of hydrogen-bond acceptors (Lipinski definition) is 6. The van der Waals surface area contributed by atoms with Gasteiger partial charge in [0, 0.05) is 6.54 Å². The molecule has 0 aliphatic heterocycles. The van der Waals surface area contributed by atoms with E-state index in [0.29, 0.717) is 0 Å². The molecule has 112 valence electrons. The summed E-state index contributed by atoms with van der Waals surface area (Å²) in [5, 5.41) is 2.15. The Hall–Kier alpha value is -1.69. The second kappa shape index (κ2) is 6.17. The molecule has 1 amide bonds. The molecule has 0 saturated carbocycles. The Kier molecular flexibility index (Phi) is 5.05. The van der Waals surface area contributed by atoms with Gasteiger partial charge in [-0.25, -0.2) is 0 Å². The van der Waals surface area contributed by atoms with Gasteiger partial charge < -0.3 is 9.50 Å². The summed E-state index contributed by atoms with van der Waals surface area (Å²) in [6.45, 7) is -0.377. The van der Waals surface area contributed by atoms with Crippen molar-refractivity contribution < 1.29 is 34.9 Å². The minimum absolute atomic E-state index is 0.222. The van der Waals surface area contributed by atoms with Gasteiger partial charge in [0.05, 0.1) is 11.3 Å². The van der Waals surface area contributed by atoms with Gasteiger partial charge in [0.25, 0.3) is 16.0 Å². The van der Waals surface area contributed by atoms with Crippen molar-refractivity contribution in [3.63, 3.8) is 0 Å². The van der Waals surface area contributed by atoms with Gasteiger partial charge in [-0.15, -0.1) is 0 Å². The van der Waals surface area contributed by atoms with E-state index in [0.717, 1.165) is 6.07 Å². The highest BCUT2D eigenvalue weighted by molar-refractivity contribution is 7.85. The molecule has 0 aromatic heterocycles. The Balaban J connectivity index is 2.83. The molecule has 0 aliphatic carbocycles. The van der Waals surface area contributed by atoms with E-state index >= 15 is 0 Å². The molecule has 1 rings (SSSR count). The van der Waals surface area contributed by atoms with Crippen LogP contribution in [0.2, 0.25) is 0 Å². The van der Waals surface area contributed by atoms with Crippen LogP contribution in [0.5, 0.6) is 5.75 Å². The Morgan fingerprint density at radius 3 is 2.30 bits per heavy atom. The van der Waals surface area contributed by atoms with Crippen molar-refractivity contribution in [2.45, 2.75) is 0 Å². The monoisotopic (exact) mass is 325 g/mol. The van der Waals surface area contributed by atoms with Crippen LogP contribution in [0, 0.1) is 0 Å². The summed E-state index contributed by atoms with van der Waals surface area (Å²) in [7, 11) is -9.02. The van der Waals surface area contributed by atoms with Crippen LogP contribution in [0.1, 0.15) is 10.4 Å². The standard InChI is InChI=1S/C9H11NO8S2/c11-9(10-5-6-19(12,13)14)7-3-1-2-4-8(7)18-20(15,16)17/h1-4H,5-6H2,(H,10,11)(H,12,13,14)(H,15,16,17). The summed E-state index contributed by atoms with van der Waals surface area (Å²) in [5.74, 6) is -1.94. The molecule has 0 bridgehead atoms. The number of hydrogen-bond donors (Lipinski definition) is 3. The highest BCUT2D eigenvalue weighted by Gasteiger charge is 2.17. The van der Waals surface area contributed by atoms with Crippen LogP contribution >= 0.6 is 0 Å². The molecule has 0 heterocycles. The smallest absolute Gasteiger partial charge is 0.361 e. The highest BCUT2D eigenvalue weighted by Crippen LogP contribution is 2.19. The predicted octanol–water partition coefficient (Wildman–Crippen LogP) is -0.514. The summed E-state index contributed by atoms with van der Waals surface area (Å²) in [6.07, 6.45) is 0. The zero-order valence-corrected chi connectivity index (χ0v) is 11.5.